The van der Waals surface area contributed by atoms with Crippen LogP contribution in [0.4, 0.5) is 0 Å². The van der Waals surface area contributed by atoms with Gasteiger partial charge < -0.3 is 5.11 Å². The van der Waals surface area contributed by atoms with E-state index in [0.717, 1.165) is 12.8 Å². The van der Waals surface area contributed by atoms with Crippen LogP contribution in [0.25, 0.3) is 0 Å². The Morgan fingerprint density at radius 3 is 2.67 bits per heavy atom. The molecular weight excluding hydrogens is 324 g/mol. The lowest BCUT2D eigenvalue weighted by Crippen LogP contribution is -2.02. The van der Waals surface area contributed by atoms with Crippen molar-refractivity contribution in [3.63, 3.8) is 0 Å². The van der Waals surface area contributed by atoms with Crippen LogP contribution < -0.4 is 0 Å². The molecule has 0 saturated carbocycles. The predicted molar refractivity (Wildman–Crippen MR) is 99.0 cm³/mol. The molecule has 0 spiro atoms. The number of hydrogen-bond donors (Lipinski definition) is 1. The Labute approximate surface area is 149 Å². The molecule has 0 amide bonds. The summed E-state index contributed by atoms with van der Waals surface area (Å²) in [4.78, 5) is 22.5. The van der Waals surface area contributed by atoms with Crippen LogP contribution in [0, 0.1) is 5.92 Å². The first kappa shape index (κ1) is 20.4. The van der Waals surface area contributed by atoms with Gasteiger partial charge in [-0.2, -0.15) is 0 Å². The molecule has 0 saturated heterocycles. The number of rotatable bonds is 11. The van der Waals surface area contributed by atoms with E-state index in [-0.39, 0.29) is 18.1 Å². The maximum Gasteiger partial charge on any atom is 0.303 e. The van der Waals surface area contributed by atoms with E-state index in [0.29, 0.717) is 23.4 Å². The van der Waals surface area contributed by atoms with E-state index in [2.05, 4.69) is 19.1 Å². The van der Waals surface area contributed by atoms with Gasteiger partial charge in [0.15, 0.2) is 0 Å². The number of carbonyl (C=O) groups excluding carboxylic acids is 1. The van der Waals surface area contributed by atoms with Gasteiger partial charge in [-0.05, 0) is 32.1 Å². The highest BCUT2D eigenvalue weighted by atomic mass is 35.5. The summed E-state index contributed by atoms with van der Waals surface area (Å²) < 4.78 is 0. The highest BCUT2D eigenvalue weighted by Crippen LogP contribution is 2.31. The molecule has 0 fully saturated rings. The van der Waals surface area contributed by atoms with Crippen molar-refractivity contribution >= 4 is 23.4 Å². The van der Waals surface area contributed by atoms with Gasteiger partial charge in [0.25, 0.3) is 0 Å². The molecular formula is C20H27ClO3. The number of aliphatic carboxylic acids is 1. The van der Waals surface area contributed by atoms with Gasteiger partial charge in [0.2, 0.25) is 5.78 Å². The number of halogens is 1. The average molecular weight is 351 g/mol. The molecule has 0 aromatic heterocycles. The minimum atomic E-state index is -0.783. The normalized spacial score (nSPS) is 19.8. The minimum Gasteiger partial charge on any atom is -0.481 e. The van der Waals surface area contributed by atoms with Crippen LogP contribution in [0.2, 0.25) is 0 Å². The Kier molecular flexibility index (Phi) is 10.1. The minimum absolute atomic E-state index is 0.0381. The van der Waals surface area contributed by atoms with Crippen molar-refractivity contribution in [2.24, 2.45) is 5.92 Å². The summed E-state index contributed by atoms with van der Waals surface area (Å²) in [6.07, 6.45) is 18.7. The van der Waals surface area contributed by atoms with Crippen LogP contribution >= 0.6 is 11.6 Å². The van der Waals surface area contributed by atoms with Crippen molar-refractivity contribution in [1.29, 1.82) is 0 Å². The number of Topliss-reactive ketones (excluding diaryl/α,β-unsaturated/α-hetero) is 1. The second-order valence-electron chi connectivity index (χ2n) is 5.99. The summed E-state index contributed by atoms with van der Waals surface area (Å²) >= 11 is 5.99. The molecule has 4 heteroatoms. The van der Waals surface area contributed by atoms with E-state index in [9.17, 15) is 9.59 Å². The fourth-order valence-electron chi connectivity index (χ4n) is 2.55. The van der Waals surface area contributed by atoms with Crippen molar-refractivity contribution in [2.75, 3.05) is 0 Å². The predicted octanol–water partition coefficient (Wildman–Crippen LogP) is 5.57. The number of carboxylic acid groups (broad SMARTS) is 1. The fraction of sp³-hybridized carbons (Fsp3) is 0.500. The van der Waals surface area contributed by atoms with Crippen LogP contribution in [0.15, 0.2) is 47.1 Å². The molecule has 0 aromatic carbocycles. The van der Waals surface area contributed by atoms with Crippen LogP contribution in [0.5, 0.6) is 0 Å². The number of unbranched alkanes of at least 4 members (excludes halogenated alkanes) is 4. The van der Waals surface area contributed by atoms with E-state index < -0.39 is 5.97 Å². The average Bonchev–Trinajstić information content (AvgIpc) is 2.81. The highest BCUT2D eigenvalue weighted by molar-refractivity contribution is 6.46. The van der Waals surface area contributed by atoms with E-state index in [1.165, 1.54) is 19.3 Å². The SMILES string of the molecule is CCCCC/C=C/CC1C=C(Cl)C(=O)/C1=C\C=C\CCCC(=O)O. The molecule has 1 N–H and O–H groups in total. The summed E-state index contributed by atoms with van der Waals surface area (Å²) in [5.74, 6) is -0.846. The summed E-state index contributed by atoms with van der Waals surface area (Å²) in [6, 6.07) is 0. The molecule has 1 rings (SSSR count). The maximum absolute atomic E-state index is 12.1. The van der Waals surface area contributed by atoms with E-state index in [4.69, 9.17) is 16.7 Å². The van der Waals surface area contributed by atoms with E-state index >= 15 is 0 Å². The largest absolute Gasteiger partial charge is 0.481 e. The van der Waals surface area contributed by atoms with Crippen molar-refractivity contribution < 1.29 is 14.7 Å². The Hall–Kier alpha value is -1.61. The van der Waals surface area contributed by atoms with Crippen LogP contribution in [0.3, 0.4) is 0 Å². The van der Waals surface area contributed by atoms with Gasteiger partial charge in [-0.3, -0.25) is 9.59 Å². The van der Waals surface area contributed by atoms with Crippen molar-refractivity contribution in [2.45, 2.75) is 58.3 Å². The van der Waals surface area contributed by atoms with Gasteiger partial charge in [-0.25, -0.2) is 0 Å². The van der Waals surface area contributed by atoms with Crippen LogP contribution in [0.1, 0.15) is 58.3 Å². The van der Waals surface area contributed by atoms with Gasteiger partial charge in [0, 0.05) is 17.9 Å². The lowest BCUT2D eigenvalue weighted by Gasteiger charge is -2.06. The third-order valence-corrected chi connectivity index (χ3v) is 4.23. The number of ketones is 1. The summed E-state index contributed by atoms with van der Waals surface area (Å²) in [7, 11) is 0. The lowest BCUT2D eigenvalue weighted by atomic mass is 9.97. The maximum atomic E-state index is 12.1. The van der Waals surface area contributed by atoms with Crippen molar-refractivity contribution in [3.05, 3.63) is 47.1 Å². The van der Waals surface area contributed by atoms with E-state index in [1.54, 1.807) is 0 Å². The molecule has 1 atom stereocenters. The van der Waals surface area contributed by atoms with Crippen LogP contribution in [-0.2, 0) is 9.59 Å². The molecule has 132 valence electrons. The molecule has 0 bridgehead atoms. The third-order valence-electron chi connectivity index (χ3n) is 3.93. The Bertz CT molecular complexity index is 541. The number of allylic oxidation sites excluding steroid dienone is 8. The second kappa shape index (κ2) is 11.9. The molecule has 24 heavy (non-hydrogen) atoms. The molecule has 0 heterocycles. The first-order valence-electron chi connectivity index (χ1n) is 8.71. The quantitative estimate of drug-likeness (QED) is 0.301. The van der Waals surface area contributed by atoms with Gasteiger partial charge >= 0.3 is 5.97 Å². The Balaban J connectivity index is 2.50. The van der Waals surface area contributed by atoms with Gasteiger partial charge in [0.1, 0.15) is 0 Å². The molecule has 0 aromatic rings. The number of hydrogen-bond acceptors (Lipinski definition) is 2. The van der Waals surface area contributed by atoms with Crippen LogP contribution in [-0.4, -0.2) is 16.9 Å². The fourth-order valence-corrected chi connectivity index (χ4v) is 2.82. The molecule has 1 aliphatic rings. The number of carbonyl (C=O) groups is 2. The first-order valence-corrected chi connectivity index (χ1v) is 9.09. The summed E-state index contributed by atoms with van der Waals surface area (Å²) in [5, 5.41) is 8.88. The lowest BCUT2D eigenvalue weighted by molar-refractivity contribution is -0.137. The zero-order chi connectivity index (χ0) is 17.8. The monoisotopic (exact) mass is 350 g/mol. The Morgan fingerprint density at radius 2 is 1.96 bits per heavy atom. The summed E-state index contributed by atoms with van der Waals surface area (Å²) in [5.41, 5.74) is 0.715. The zero-order valence-electron chi connectivity index (χ0n) is 14.3. The van der Waals surface area contributed by atoms with Gasteiger partial charge in [0.05, 0.1) is 5.03 Å². The third kappa shape index (κ3) is 7.78. The molecule has 0 aliphatic heterocycles. The Morgan fingerprint density at radius 1 is 1.21 bits per heavy atom. The first-order chi connectivity index (χ1) is 11.6. The molecule has 1 aliphatic carbocycles. The smallest absolute Gasteiger partial charge is 0.303 e. The topological polar surface area (TPSA) is 54.4 Å². The standard InChI is InChI=1S/C20H27ClO3/c1-2-3-4-5-6-9-12-16-15-18(21)20(24)17(16)13-10-7-8-11-14-19(22)23/h6-7,9-10,13,15-16H,2-5,8,11-12,14H2,1H3,(H,22,23)/b9-6+,10-7+,17-13-. The molecule has 0 radical (unpaired) electrons. The summed E-state index contributed by atoms with van der Waals surface area (Å²) in [6.45, 7) is 2.19. The van der Waals surface area contributed by atoms with Gasteiger partial charge in [-0.1, -0.05) is 67.8 Å². The molecule has 1 unspecified atom stereocenters. The van der Waals surface area contributed by atoms with E-state index in [1.807, 2.05) is 24.3 Å². The zero-order valence-corrected chi connectivity index (χ0v) is 15.1. The second-order valence-corrected chi connectivity index (χ2v) is 6.40. The molecule has 3 nitrogen and oxygen atoms in total. The van der Waals surface area contributed by atoms with Gasteiger partial charge in [-0.15, -0.1) is 0 Å². The number of carboxylic acids is 1. The van der Waals surface area contributed by atoms with Crippen molar-refractivity contribution in [3.8, 4) is 0 Å². The highest BCUT2D eigenvalue weighted by Gasteiger charge is 2.27. The van der Waals surface area contributed by atoms with Crippen molar-refractivity contribution in [1.82, 2.24) is 0 Å².